The summed E-state index contributed by atoms with van der Waals surface area (Å²) in [4.78, 5) is 4.42. The van der Waals surface area contributed by atoms with Crippen LogP contribution in [-0.2, 0) is 6.42 Å². The molecule has 0 aliphatic rings. The van der Waals surface area contributed by atoms with Crippen LogP contribution in [0.2, 0.25) is 0 Å². The first-order chi connectivity index (χ1) is 7.20. The van der Waals surface area contributed by atoms with E-state index >= 15 is 0 Å². The second kappa shape index (κ2) is 4.33. The fourth-order valence-electron chi connectivity index (χ4n) is 1.53. The summed E-state index contributed by atoms with van der Waals surface area (Å²) in [5.74, 6) is 0.766. The first kappa shape index (κ1) is 10.6. The molecule has 0 saturated heterocycles. The van der Waals surface area contributed by atoms with Crippen molar-refractivity contribution in [2.24, 2.45) is 5.73 Å². The summed E-state index contributed by atoms with van der Waals surface area (Å²) < 4.78 is 6.60. The lowest BCUT2D eigenvalue weighted by atomic mass is 10.2. The highest BCUT2D eigenvalue weighted by Gasteiger charge is 2.08. The minimum absolute atomic E-state index is 0.666. The Labute approximate surface area is 96.8 Å². The van der Waals surface area contributed by atoms with Crippen LogP contribution < -0.4 is 5.73 Å². The average molecular weight is 269 g/mol. The van der Waals surface area contributed by atoms with Crippen LogP contribution in [0.1, 0.15) is 17.9 Å². The summed E-state index contributed by atoms with van der Waals surface area (Å²) >= 11 is 3.47. The van der Waals surface area contributed by atoms with Gasteiger partial charge in [-0.3, -0.25) is 0 Å². The van der Waals surface area contributed by atoms with Gasteiger partial charge in [-0.1, -0.05) is 0 Å². The quantitative estimate of drug-likeness (QED) is 0.932. The Morgan fingerprint density at radius 1 is 1.47 bits per heavy atom. The molecule has 2 N–H and O–H groups in total. The molecule has 2 aromatic rings. The predicted octanol–water partition coefficient (Wildman–Crippen LogP) is 2.79. The molecule has 15 heavy (non-hydrogen) atoms. The maximum absolute atomic E-state index is 5.64. The second-order valence-electron chi connectivity index (χ2n) is 3.59. The van der Waals surface area contributed by atoms with Gasteiger partial charge in [0.1, 0.15) is 5.52 Å². The third kappa shape index (κ3) is 2.21. The van der Waals surface area contributed by atoms with E-state index in [1.54, 1.807) is 0 Å². The lowest BCUT2D eigenvalue weighted by Crippen LogP contribution is -2.00. The molecule has 1 aromatic heterocycles. The van der Waals surface area contributed by atoms with Gasteiger partial charge < -0.3 is 10.2 Å². The molecule has 3 nitrogen and oxygen atoms in total. The van der Waals surface area contributed by atoms with E-state index in [9.17, 15) is 0 Å². The zero-order valence-electron chi connectivity index (χ0n) is 8.59. The van der Waals surface area contributed by atoms with Gasteiger partial charge in [-0.15, -0.1) is 0 Å². The molecule has 0 atom stereocenters. The number of nitrogens with zero attached hydrogens (tertiary/aromatic N) is 1. The summed E-state index contributed by atoms with van der Waals surface area (Å²) in [6, 6.07) is 4.05. The minimum Gasteiger partial charge on any atom is -0.440 e. The Balaban J connectivity index is 2.41. The second-order valence-corrected chi connectivity index (χ2v) is 4.45. The number of aromatic nitrogens is 1. The summed E-state index contributed by atoms with van der Waals surface area (Å²) in [5, 5.41) is 0. The average Bonchev–Trinajstić information content (AvgIpc) is 2.57. The van der Waals surface area contributed by atoms with Crippen LogP contribution in [0, 0.1) is 6.92 Å². The largest absolute Gasteiger partial charge is 0.440 e. The lowest BCUT2D eigenvalue weighted by molar-refractivity contribution is 0.520. The molecule has 80 valence electrons. The van der Waals surface area contributed by atoms with E-state index in [-0.39, 0.29) is 0 Å². The zero-order chi connectivity index (χ0) is 10.8. The Morgan fingerprint density at radius 2 is 2.27 bits per heavy atom. The van der Waals surface area contributed by atoms with Gasteiger partial charge in [-0.05, 0) is 53.5 Å². The molecule has 0 spiro atoms. The molecular formula is C11H13BrN2O. The van der Waals surface area contributed by atoms with Crippen molar-refractivity contribution in [3.05, 3.63) is 28.1 Å². The van der Waals surface area contributed by atoms with E-state index in [2.05, 4.69) is 20.9 Å². The van der Waals surface area contributed by atoms with Gasteiger partial charge in [0.2, 0.25) is 0 Å². The summed E-state index contributed by atoms with van der Waals surface area (Å²) in [6.45, 7) is 2.71. The molecular weight excluding hydrogens is 256 g/mol. The van der Waals surface area contributed by atoms with E-state index in [1.807, 2.05) is 19.1 Å². The summed E-state index contributed by atoms with van der Waals surface area (Å²) in [7, 11) is 0. The van der Waals surface area contributed by atoms with Crippen molar-refractivity contribution in [2.75, 3.05) is 6.54 Å². The van der Waals surface area contributed by atoms with Crippen molar-refractivity contribution in [3.63, 3.8) is 0 Å². The van der Waals surface area contributed by atoms with E-state index in [0.717, 1.165) is 34.3 Å². The van der Waals surface area contributed by atoms with Crippen LogP contribution in [0.15, 0.2) is 21.0 Å². The molecule has 1 aromatic carbocycles. The first-order valence-electron chi connectivity index (χ1n) is 4.96. The molecule has 1 heterocycles. The van der Waals surface area contributed by atoms with Crippen LogP contribution in [0.5, 0.6) is 0 Å². The van der Waals surface area contributed by atoms with Crippen molar-refractivity contribution in [1.82, 2.24) is 4.98 Å². The smallest absolute Gasteiger partial charge is 0.195 e. The van der Waals surface area contributed by atoms with Crippen molar-refractivity contribution in [3.8, 4) is 0 Å². The van der Waals surface area contributed by atoms with Gasteiger partial charge in [-0.2, -0.15) is 0 Å². The molecule has 4 heteroatoms. The SMILES string of the molecule is Cc1cc(Br)c2oc(CCCN)nc2c1. The van der Waals surface area contributed by atoms with Crippen LogP contribution in [0.3, 0.4) is 0 Å². The van der Waals surface area contributed by atoms with Crippen LogP contribution >= 0.6 is 15.9 Å². The first-order valence-corrected chi connectivity index (χ1v) is 5.75. The maximum Gasteiger partial charge on any atom is 0.195 e. The Kier molecular flexibility index (Phi) is 3.07. The van der Waals surface area contributed by atoms with Crippen molar-refractivity contribution in [1.29, 1.82) is 0 Å². The third-order valence-electron chi connectivity index (χ3n) is 2.23. The molecule has 0 saturated carbocycles. The van der Waals surface area contributed by atoms with Gasteiger partial charge in [-0.25, -0.2) is 4.98 Å². The number of aryl methyl sites for hydroxylation is 2. The van der Waals surface area contributed by atoms with Crippen molar-refractivity contribution >= 4 is 27.0 Å². The third-order valence-corrected chi connectivity index (χ3v) is 2.82. The molecule has 0 unspecified atom stereocenters. The van der Waals surface area contributed by atoms with E-state index < -0.39 is 0 Å². The highest BCUT2D eigenvalue weighted by atomic mass is 79.9. The fourth-order valence-corrected chi connectivity index (χ4v) is 2.18. The Morgan fingerprint density at radius 3 is 3.00 bits per heavy atom. The number of halogens is 1. The summed E-state index contributed by atoms with van der Waals surface area (Å²) in [6.07, 6.45) is 1.71. The monoisotopic (exact) mass is 268 g/mol. The van der Waals surface area contributed by atoms with Gasteiger partial charge in [0.25, 0.3) is 0 Å². The number of hydrogen-bond donors (Lipinski definition) is 1. The predicted molar refractivity (Wildman–Crippen MR) is 63.8 cm³/mol. The van der Waals surface area contributed by atoms with Gasteiger partial charge in [0.15, 0.2) is 11.5 Å². The zero-order valence-corrected chi connectivity index (χ0v) is 10.2. The van der Waals surface area contributed by atoms with Crippen molar-refractivity contribution < 1.29 is 4.42 Å². The van der Waals surface area contributed by atoms with Gasteiger partial charge >= 0.3 is 0 Å². The number of oxazole rings is 1. The van der Waals surface area contributed by atoms with E-state index in [0.29, 0.717) is 6.54 Å². The van der Waals surface area contributed by atoms with E-state index in [4.69, 9.17) is 10.2 Å². The lowest BCUT2D eigenvalue weighted by Gasteiger charge is -1.93. The molecule has 0 aliphatic carbocycles. The minimum atomic E-state index is 0.666. The number of fused-ring (bicyclic) bond motifs is 1. The molecule has 0 bridgehead atoms. The number of rotatable bonds is 3. The highest BCUT2D eigenvalue weighted by molar-refractivity contribution is 9.10. The number of hydrogen-bond acceptors (Lipinski definition) is 3. The number of benzene rings is 1. The molecule has 0 aliphatic heterocycles. The molecule has 0 amide bonds. The van der Waals surface area contributed by atoms with E-state index in [1.165, 1.54) is 5.56 Å². The van der Waals surface area contributed by atoms with Crippen molar-refractivity contribution in [2.45, 2.75) is 19.8 Å². The van der Waals surface area contributed by atoms with Crippen LogP contribution in [0.4, 0.5) is 0 Å². The van der Waals surface area contributed by atoms with Crippen LogP contribution in [-0.4, -0.2) is 11.5 Å². The number of nitrogens with two attached hydrogens (primary N) is 1. The molecule has 0 radical (unpaired) electrons. The standard InChI is InChI=1S/C11H13BrN2O/c1-7-5-8(12)11-9(6-7)14-10(15-11)3-2-4-13/h5-6H,2-4,13H2,1H3. The molecule has 2 rings (SSSR count). The molecule has 0 fully saturated rings. The summed E-state index contributed by atoms with van der Waals surface area (Å²) in [5.41, 5.74) is 8.36. The Hall–Kier alpha value is -0.870. The van der Waals surface area contributed by atoms with Gasteiger partial charge in [0.05, 0.1) is 4.47 Å². The topological polar surface area (TPSA) is 52.0 Å². The normalized spacial score (nSPS) is 11.1. The van der Waals surface area contributed by atoms with Gasteiger partial charge in [0, 0.05) is 6.42 Å². The fraction of sp³-hybridized carbons (Fsp3) is 0.364. The highest BCUT2D eigenvalue weighted by Crippen LogP contribution is 2.26. The maximum atomic E-state index is 5.64. The Bertz CT molecular complexity index is 479. The van der Waals surface area contributed by atoms with Crippen LogP contribution in [0.25, 0.3) is 11.1 Å².